The molecule has 22 heavy (non-hydrogen) atoms. The molecule has 3 rings (SSSR count). The molecule has 2 heterocycles. The van der Waals surface area contributed by atoms with E-state index in [-0.39, 0.29) is 5.54 Å². The molecule has 3 aliphatic rings. The SMILES string of the molecule is CCN1CCCN(C(=O)C2CCCCC2)CC12CCOCC2. The van der Waals surface area contributed by atoms with Crippen molar-refractivity contribution in [2.24, 2.45) is 5.92 Å². The van der Waals surface area contributed by atoms with Gasteiger partial charge in [0.05, 0.1) is 0 Å². The van der Waals surface area contributed by atoms with E-state index in [9.17, 15) is 4.79 Å². The zero-order valence-electron chi connectivity index (χ0n) is 14.2. The summed E-state index contributed by atoms with van der Waals surface area (Å²) in [5.41, 5.74) is 0.174. The molecule has 1 saturated carbocycles. The highest BCUT2D eigenvalue weighted by Crippen LogP contribution is 2.33. The zero-order chi connectivity index (χ0) is 15.4. The maximum absolute atomic E-state index is 13.0. The largest absolute Gasteiger partial charge is 0.381 e. The van der Waals surface area contributed by atoms with Crippen LogP contribution in [0.3, 0.4) is 0 Å². The van der Waals surface area contributed by atoms with Crippen LogP contribution in [0.1, 0.15) is 58.3 Å². The lowest BCUT2D eigenvalue weighted by molar-refractivity contribution is -0.139. The summed E-state index contributed by atoms with van der Waals surface area (Å²) in [7, 11) is 0. The van der Waals surface area contributed by atoms with Crippen molar-refractivity contribution in [2.75, 3.05) is 39.4 Å². The standard InChI is InChI=1S/C18H32N2O2/c1-2-20-12-6-11-19(15-18(20)9-13-22-14-10-18)17(21)16-7-4-3-5-8-16/h16H,2-15H2,1H3. The zero-order valence-corrected chi connectivity index (χ0v) is 14.2. The third-order valence-electron chi connectivity index (χ3n) is 6.08. The summed E-state index contributed by atoms with van der Waals surface area (Å²) in [6, 6.07) is 0. The van der Waals surface area contributed by atoms with Crippen LogP contribution in [0.2, 0.25) is 0 Å². The van der Waals surface area contributed by atoms with Crippen molar-refractivity contribution >= 4 is 5.91 Å². The van der Waals surface area contributed by atoms with Crippen LogP contribution in [0.5, 0.6) is 0 Å². The van der Waals surface area contributed by atoms with Crippen molar-refractivity contribution in [2.45, 2.75) is 63.8 Å². The van der Waals surface area contributed by atoms with E-state index >= 15 is 0 Å². The maximum atomic E-state index is 13.0. The average Bonchev–Trinajstić information content (AvgIpc) is 2.75. The van der Waals surface area contributed by atoms with Gasteiger partial charge in [-0.25, -0.2) is 0 Å². The number of rotatable bonds is 2. The van der Waals surface area contributed by atoms with Gasteiger partial charge in [0.25, 0.3) is 0 Å². The van der Waals surface area contributed by atoms with Gasteiger partial charge in [-0.2, -0.15) is 0 Å². The van der Waals surface area contributed by atoms with Gasteiger partial charge < -0.3 is 9.64 Å². The summed E-state index contributed by atoms with van der Waals surface area (Å²) in [4.78, 5) is 17.9. The van der Waals surface area contributed by atoms with Crippen molar-refractivity contribution in [1.29, 1.82) is 0 Å². The van der Waals surface area contributed by atoms with Gasteiger partial charge in [-0.3, -0.25) is 9.69 Å². The van der Waals surface area contributed by atoms with Crippen molar-refractivity contribution in [1.82, 2.24) is 9.80 Å². The fourth-order valence-corrected chi connectivity index (χ4v) is 4.74. The lowest BCUT2D eigenvalue weighted by Gasteiger charge is -2.46. The molecule has 4 nitrogen and oxygen atoms in total. The van der Waals surface area contributed by atoms with Crippen LogP contribution in [0.15, 0.2) is 0 Å². The van der Waals surface area contributed by atoms with E-state index in [1.165, 1.54) is 19.3 Å². The summed E-state index contributed by atoms with van der Waals surface area (Å²) in [6.07, 6.45) is 9.30. The van der Waals surface area contributed by atoms with E-state index in [4.69, 9.17) is 4.74 Å². The minimum absolute atomic E-state index is 0.174. The van der Waals surface area contributed by atoms with Crippen LogP contribution in [0, 0.1) is 5.92 Å². The molecule has 4 heteroatoms. The quantitative estimate of drug-likeness (QED) is 0.786. The Hall–Kier alpha value is -0.610. The van der Waals surface area contributed by atoms with Gasteiger partial charge in [0.15, 0.2) is 0 Å². The molecule has 0 aromatic heterocycles. The maximum Gasteiger partial charge on any atom is 0.225 e. The summed E-state index contributed by atoms with van der Waals surface area (Å²) in [5, 5.41) is 0. The van der Waals surface area contributed by atoms with E-state index in [2.05, 4.69) is 16.7 Å². The monoisotopic (exact) mass is 308 g/mol. The first-order chi connectivity index (χ1) is 10.7. The van der Waals surface area contributed by atoms with Gasteiger partial charge in [-0.05, 0) is 38.6 Å². The summed E-state index contributed by atoms with van der Waals surface area (Å²) in [5.74, 6) is 0.752. The van der Waals surface area contributed by atoms with Gasteiger partial charge in [-0.1, -0.05) is 26.2 Å². The minimum atomic E-state index is 0.174. The summed E-state index contributed by atoms with van der Waals surface area (Å²) < 4.78 is 5.61. The predicted molar refractivity (Wildman–Crippen MR) is 87.8 cm³/mol. The fraction of sp³-hybridized carbons (Fsp3) is 0.944. The molecule has 1 spiro atoms. The van der Waals surface area contributed by atoms with E-state index < -0.39 is 0 Å². The number of amides is 1. The topological polar surface area (TPSA) is 32.8 Å². The molecule has 0 radical (unpaired) electrons. The second-order valence-corrected chi connectivity index (χ2v) is 7.36. The highest BCUT2D eigenvalue weighted by atomic mass is 16.5. The first-order valence-electron chi connectivity index (χ1n) is 9.37. The molecule has 0 aromatic rings. The number of ether oxygens (including phenoxy) is 1. The molecule has 0 unspecified atom stereocenters. The molecule has 2 aliphatic heterocycles. The smallest absolute Gasteiger partial charge is 0.225 e. The molecular formula is C18H32N2O2. The van der Waals surface area contributed by atoms with Gasteiger partial charge >= 0.3 is 0 Å². The fourth-order valence-electron chi connectivity index (χ4n) is 4.74. The third kappa shape index (κ3) is 3.33. The number of likely N-dealkylation sites (N-methyl/N-ethyl adjacent to an activating group) is 1. The molecule has 0 atom stereocenters. The average molecular weight is 308 g/mol. The van der Waals surface area contributed by atoms with E-state index in [0.717, 1.165) is 71.5 Å². The molecule has 2 saturated heterocycles. The van der Waals surface area contributed by atoms with Crippen LogP contribution < -0.4 is 0 Å². The molecule has 0 bridgehead atoms. The highest BCUT2D eigenvalue weighted by molar-refractivity contribution is 5.79. The normalized spacial score (nSPS) is 27.8. The van der Waals surface area contributed by atoms with Crippen molar-refractivity contribution < 1.29 is 9.53 Å². The molecule has 0 aromatic carbocycles. The number of nitrogens with zero attached hydrogens (tertiary/aromatic N) is 2. The van der Waals surface area contributed by atoms with Crippen molar-refractivity contribution in [3.8, 4) is 0 Å². The number of carbonyl (C=O) groups is 1. The lowest BCUT2D eigenvalue weighted by atomic mass is 9.85. The Morgan fingerprint density at radius 2 is 1.82 bits per heavy atom. The van der Waals surface area contributed by atoms with Crippen LogP contribution in [-0.2, 0) is 9.53 Å². The first-order valence-corrected chi connectivity index (χ1v) is 9.37. The van der Waals surface area contributed by atoms with Crippen molar-refractivity contribution in [3.63, 3.8) is 0 Å². The summed E-state index contributed by atoms with van der Waals surface area (Å²) in [6.45, 7) is 8.06. The second kappa shape index (κ2) is 7.31. The van der Waals surface area contributed by atoms with E-state index in [1.807, 2.05) is 0 Å². The van der Waals surface area contributed by atoms with Gasteiger partial charge in [0, 0.05) is 44.3 Å². The van der Waals surface area contributed by atoms with Crippen LogP contribution in [-0.4, -0.2) is 60.6 Å². The number of carbonyl (C=O) groups excluding carboxylic acids is 1. The Labute approximate surface area is 135 Å². The third-order valence-corrected chi connectivity index (χ3v) is 6.08. The number of hydrogen-bond acceptors (Lipinski definition) is 3. The molecular weight excluding hydrogens is 276 g/mol. The Morgan fingerprint density at radius 1 is 1.09 bits per heavy atom. The Kier molecular flexibility index (Phi) is 5.40. The highest BCUT2D eigenvalue weighted by Gasteiger charge is 2.42. The Balaban J connectivity index is 1.73. The van der Waals surface area contributed by atoms with Crippen LogP contribution in [0.4, 0.5) is 0 Å². The number of hydrogen-bond donors (Lipinski definition) is 0. The molecule has 1 amide bonds. The Bertz CT molecular complexity index is 373. The van der Waals surface area contributed by atoms with Gasteiger partial charge in [0.1, 0.15) is 0 Å². The van der Waals surface area contributed by atoms with Crippen LogP contribution in [0.25, 0.3) is 0 Å². The van der Waals surface area contributed by atoms with Crippen LogP contribution >= 0.6 is 0 Å². The predicted octanol–water partition coefficient (Wildman–Crippen LogP) is 2.67. The lowest BCUT2D eigenvalue weighted by Crippen LogP contribution is -2.57. The van der Waals surface area contributed by atoms with Gasteiger partial charge in [0.2, 0.25) is 5.91 Å². The van der Waals surface area contributed by atoms with E-state index in [1.54, 1.807) is 0 Å². The van der Waals surface area contributed by atoms with Crippen molar-refractivity contribution in [3.05, 3.63) is 0 Å². The summed E-state index contributed by atoms with van der Waals surface area (Å²) >= 11 is 0. The molecule has 1 aliphatic carbocycles. The molecule has 3 fully saturated rings. The molecule has 0 N–H and O–H groups in total. The first kappa shape index (κ1) is 16.3. The van der Waals surface area contributed by atoms with E-state index in [0.29, 0.717) is 11.8 Å². The second-order valence-electron chi connectivity index (χ2n) is 7.36. The van der Waals surface area contributed by atoms with Gasteiger partial charge in [-0.15, -0.1) is 0 Å². The Morgan fingerprint density at radius 3 is 2.50 bits per heavy atom. The minimum Gasteiger partial charge on any atom is -0.381 e. The molecule has 126 valence electrons.